The average Bonchev–Trinajstić information content (AvgIpc) is 3.75. The first-order valence-corrected chi connectivity index (χ1v) is 16.3. The molecule has 0 unspecified atom stereocenters. The van der Waals surface area contributed by atoms with E-state index in [1.165, 1.54) is 17.7 Å². The first kappa shape index (κ1) is 30.0. The number of carbonyl (C=O) groups excluding carboxylic acids is 2. The minimum Gasteiger partial charge on any atom is -0.469 e. The van der Waals surface area contributed by atoms with Crippen LogP contribution < -0.4 is 9.62 Å². The smallest absolute Gasteiger partial charge is 0.306 e. The summed E-state index contributed by atoms with van der Waals surface area (Å²) in [5.41, 5.74) is 2.91. The molecule has 2 fully saturated rings. The van der Waals surface area contributed by atoms with E-state index in [4.69, 9.17) is 18.9 Å². The van der Waals surface area contributed by atoms with Crippen LogP contribution in [0, 0.1) is 12.3 Å². The molecule has 226 valence electrons. The first-order valence-electron chi connectivity index (χ1n) is 14.4. The van der Waals surface area contributed by atoms with Crippen molar-refractivity contribution < 1.29 is 31.9 Å². The lowest BCUT2D eigenvalue weighted by Crippen LogP contribution is -2.36. The van der Waals surface area contributed by atoms with E-state index < -0.39 is 10.0 Å². The zero-order chi connectivity index (χ0) is 30.1. The number of methoxy groups -OCH3 is 1. The van der Waals surface area contributed by atoms with Crippen molar-refractivity contribution in [2.75, 3.05) is 44.5 Å². The van der Waals surface area contributed by atoms with Crippen LogP contribution in [0.25, 0.3) is 22.4 Å². The fourth-order valence-corrected chi connectivity index (χ4v) is 6.83. The first-order chi connectivity index (χ1) is 20.0. The third kappa shape index (κ3) is 6.32. The third-order valence-electron chi connectivity index (χ3n) is 8.48. The number of nitrogens with one attached hydrogen (secondary N) is 1. The number of hydrogen-bond donors (Lipinski definition) is 1. The Kier molecular flexibility index (Phi) is 8.61. The van der Waals surface area contributed by atoms with Gasteiger partial charge in [-0.3, -0.25) is 13.9 Å². The molecule has 1 aliphatic heterocycles. The Balaban J connectivity index is 1.54. The number of carbonyl (C=O) groups is 2. The Labute approximate surface area is 246 Å². The number of rotatable bonds is 11. The lowest BCUT2D eigenvalue weighted by atomic mass is 9.74. The molecular formula is C31H39N3O7S. The number of pyridine rings is 1. The predicted molar refractivity (Wildman–Crippen MR) is 160 cm³/mol. The molecule has 1 aromatic carbocycles. The monoisotopic (exact) mass is 597 g/mol. The number of anilines is 1. The van der Waals surface area contributed by atoms with Crippen molar-refractivity contribution in [1.29, 1.82) is 0 Å². The van der Waals surface area contributed by atoms with Gasteiger partial charge >= 0.3 is 5.97 Å². The van der Waals surface area contributed by atoms with Crippen molar-refractivity contribution in [1.82, 2.24) is 10.3 Å². The number of esters is 1. The highest BCUT2D eigenvalue weighted by Gasteiger charge is 2.37. The highest BCUT2D eigenvalue weighted by Crippen LogP contribution is 2.47. The largest absolute Gasteiger partial charge is 0.469 e. The van der Waals surface area contributed by atoms with Gasteiger partial charge in [-0.05, 0) is 68.4 Å². The summed E-state index contributed by atoms with van der Waals surface area (Å²) in [6, 6.07) is 9.57. The molecule has 2 aromatic heterocycles. The SMILES string of the molecule is CNC(=O)c1c(-c2ccc(C)cc2)oc2nc(N(CCCC3(CC(=O)OC)CCOCC3)S(C)(=O)=O)c(C3CC3)cc12. The standard InChI is InChI=1S/C31H39N3O7S/c1-20-6-8-22(9-7-20)27-26(29(36)32-2)24-18-23(21-10-11-21)28(33-30(24)41-27)34(42(4,37)38)15-5-12-31(19-25(35)39-3)13-16-40-17-14-31/h6-9,18,21H,5,10-17,19H2,1-4H3,(H,32,36). The van der Waals surface area contributed by atoms with Gasteiger partial charge in [0.15, 0.2) is 0 Å². The molecule has 5 rings (SSSR count). The highest BCUT2D eigenvalue weighted by atomic mass is 32.2. The summed E-state index contributed by atoms with van der Waals surface area (Å²) >= 11 is 0. The fourth-order valence-electron chi connectivity index (χ4n) is 5.91. The summed E-state index contributed by atoms with van der Waals surface area (Å²) in [5, 5.41) is 3.27. The lowest BCUT2D eigenvalue weighted by molar-refractivity contribution is -0.145. The predicted octanol–water partition coefficient (Wildman–Crippen LogP) is 4.95. The number of furan rings is 1. The molecule has 11 heteroatoms. The van der Waals surface area contributed by atoms with E-state index in [2.05, 4.69) is 5.32 Å². The van der Waals surface area contributed by atoms with Crippen LogP contribution in [-0.4, -0.2) is 65.5 Å². The second-order valence-corrected chi connectivity index (χ2v) is 13.5. The molecule has 2 aliphatic rings. The molecular weight excluding hydrogens is 558 g/mol. The number of nitrogens with zero attached hydrogens (tertiary/aromatic N) is 2. The van der Waals surface area contributed by atoms with Gasteiger partial charge in [0.05, 0.1) is 30.7 Å². The maximum atomic E-state index is 13.2. The zero-order valence-corrected chi connectivity index (χ0v) is 25.5. The molecule has 0 atom stereocenters. The number of fused-ring (bicyclic) bond motifs is 1. The van der Waals surface area contributed by atoms with Crippen LogP contribution in [0.1, 0.15) is 72.3 Å². The van der Waals surface area contributed by atoms with Crippen molar-refractivity contribution in [3.8, 4) is 11.3 Å². The Morgan fingerprint density at radius 2 is 1.86 bits per heavy atom. The molecule has 1 saturated heterocycles. The summed E-state index contributed by atoms with van der Waals surface area (Å²) in [4.78, 5) is 30.1. The zero-order valence-electron chi connectivity index (χ0n) is 24.7. The topological polar surface area (TPSA) is 128 Å². The van der Waals surface area contributed by atoms with E-state index in [0.717, 1.165) is 42.4 Å². The van der Waals surface area contributed by atoms with Crippen molar-refractivity contribution in [3.63, 3.8) is 0 Å². The van der Waals surface area contributed by atoms with E-state index >= 15 is 0 Å². The Morgan fingerprint density at radius 3 is 2.45 bits per heavy atom. The van der Waals surface area contributed by atoms with Crippen LogP contribution in [-0.2, 0) is 24.3 Å². The summed E-state index contributed by atoms with van der Waals surface area (Å²) in [7, 11) is -0.758. The van der Waals surface area contributed by atoms with Crippen LogP contribution in [0.3, 0.4) is 0 Å². The van der Waals surface area contributed by atoms with E-state index in [1.807, 2.05) is 37.3 Å². The van der Waals surface area contributed by atoms with E-state index in [-0.39, 0.29) is 41.9 Å². The number of benzene rings is 1. The summed E-state index contributed by atoms with van der Waals surface area (Å²) in [5.74, 6) is 0.319. The molecule has 1 saturated carbocycles. The quantitative estimate of drug-likeness (QED) is 0.308. The molecule has 0 radical (unpaired) electrons. The van der Waals surface area contributed by atoms with Crippen LogP contribution in [0.5, 0.6) is 0 Å². The maximum Gasteiger partial charge on any atom is 0.306 e. The van der Waals surface area contributed by atoms with Crippen LogP contribution in [0.4, 0.5) is 5.82 Å². The number of sulfonamides is 1. The summed E-state index contributed by atoms with van der Waals surface area (Å²) in [6.45, 7) is 3.31. The summed E-state index contributed by atoms with van der Waals surface area (Å²) in [6.07, 6.45) is 5.91. The van der Waals surface area contributed by atoms with Crippen molar-refractivity contribution in [3.05, 3.63) is 47.0 Å². The van der Waals surface area contributed by atoms with Gasteiger partial charge in [-0.15, -0.1) is 0 Å². The van der Waals surface area contributed by atoms with E-state index in [1.54, 1.807) is 7.05 Å². The number of ether oxygens (including phenoxy) is 2. The Morgan fingerprint density at radius 1 is 1.17 bits per heavy atom. The second kappa shape index (κ2) is 12.0. The maximum absolute atomic E-state index is 13.2. The Bertz CT molecular complexity index is 1570. The van der Waals surface area contributed by atoms with Crippen LogP contribution in [0.15, 0.2) is 34.7 Å². The molecule has 10 nitrogen and oxygen atoms in total. The average molecular weight is 598 g/mol. The molecule has 42 heavy (non-hydrogen) atoms. The minimum absolute atomic E-state index is 0.151. The van der Waals surface area contributed by atoms with Crippen LogP contribution >= 0.6 is 0 Å². The number of amides is 1. The second-order valence-electron chi connectivity index (χ2n) is 11.6. The Hall–Kier alpha value is -3.44. The van der Waals surface area contributed by atoms with Gasteiger partial charge in [0.2, 0.25) is 15.7 Å². The normalized spacial score (nSPS) is 16.8. The van der Waals surface area contributed by atoms with Gasteiger partial charge < -0.3 is 19.2 Å². The molecule has 1 aliphatic carbocycles. The number of aromatic nitrogens is 1. The molecule has 1 N–H and O–H groups in total. The highest BCUT2D eigenvalue weighted by molar-refractivity contribution is 7.92. The summed E-state index contributed by atoms with van der Waals surface area (Å²) < 4.78 is 44.5. The van der Waals surface area contributed by atoms with Gasteiger partial charge in [0, 0.05) is 32.4 Å². The van der Waals surface area contributed by atoms with E-state index in [0.29, 0.717) is 48.6 Å². The lowest BCUT2D eigenvalue weighted by Gasteiger charge is -2.37. The van der Waals surface area contributed by atoms with Crippen LogP contribution in [0.2, 0.25) is 0 Å². The van der Waals surface area contributed by atoms with Gasteiger partial charge in [0.25, 0.3) is 5.91 Å². The third-order valence-corrected chi connectivity index (χ3v) is 9.64. The minimum atomic E-state index is -3.71. The van der Waals surface area contributed by atoms with Gasteiger partial charge in [-0.25, -0.2) is 8.42 Å². The van der Waals surface area contributed by atoms with Gasteiger partial charge in [-0.1, -0.05) is 29.8 Å². The number of hydrogen-bond acceptors (Lipinski definition) is 8. The van der Waals surface area contributed by atoms with E-state index in [9.17, 15) is 18.0 Å². The van der Waals surface area contributed by atoms with Crippen molar-refractivity contribution in [2.45, 2.75) is 57.8 Å². The van der Waals surface area contributed by atoms with Crippen molar-refractivity contribution >= 4 is 38.8 Å². The molecule has 3 aromatic rings. The molecule has 3 heterocycles. The van der Waals surface area contributed by atoms with Crippen molar-refractivity contribution in [2.24, 2.45) is 5.41 Å². The fraction of sp³-hybridized carbons (Fsp3) is 0.516. The van der Waals surface area contributed by atoms with Gasteiger partial charge in [0.1, 0.15) is 11.6 Å². The molecule has 0 bridgehead atoms. The van der Waals surface area contributed by atoms with Gasteiger partial charge in [-0.2, -0.15) is 4.98 Å². The molecule has 0 spiro atoms. The number of aryl methyl sites for hydroxylation is 1. The molecule has 1 amide bonds.